The van der Waals surface area contributed by atoms with Crippen molar-refractivity contribution in [1.82, 2.24) is 0 Å². The predicted molar refractivity (Wildman–Crippen MR) is 38.8 cm³/mol. The van der Waals surface area contributed by atoms with E-state index in [-0.39, 0.29) is 6.10 Å². The first-order valence-electron chi connectivity index (χ1n) is 3.73. The molecule has 3 heteroatoms. The zero-order valence-corrected chi connectivity index (χ0v) is 6.25. The molecule has 2 atom stereocenters. The van der Waals surface area contributed by atoms with Gasteiger partial charge in [0, 0.05) is 6.61 Å². The van der Waals surface area contributed by atoms with Crippen LogP contribution in [0.2, 0.25) is 0 Å². The van der Waals surface area contributed by atoms with Crippen molar-refractivity contribution in [3.8, 4) is 0 Å². The number of hydrogen-bond donors (Lipinski definition) is 0. The first-order chi connectivity index (χ1) is 4.83. The maximum absolute atomic E-state index is 9.82. The molecule has 1 fully saturated rings. The third-order valence-corrected chi connectivity index (χ3v) is 1.88. The second kappa shape index (κ2) is 3.66. The summed E-state index contributed by atoms with van der Waals surface area (Å²) < 4.78 is 5.34. The van der Waals surface area contributed by atoms with E-state index in [0.29, 0.717) is 12.5 Å². The SMILES string of the molecule is CC1CCC(CN=O)OC1. The Kier molecular flexibility index (Phi) is 2.81. The molecular weight excluding hydrogens is 130 g/mol. The maximum Gasteiger partial charge on any atom is 0.107 e. The monoisotopic (exact) mass is 143 g/mol. The van der Waals surface area contributed by atoms with Gasteiger partial charge in [-0.05, 0) is 18.8 Å². The van der Waals surface area contributed by atoms with Crippen LogP contribution in [-0.2, 0) is 4.74 Å². The molecule has 3 nitrogen and oxygen atoms in total. The van der Waals surface area contributed by atoms with Crippen LogP contribution < -0.4 is 0 Å². The highest BCUT2D eigenvalue weighted by Crippen LogP contribution is 2.17. The van der Waals surface area contributed by atoms with E-state index in [4.69, 9.17) is 4.74 Å². The highest BCUT2D eigenvalue weighted by atomic mass is 16.5. The van der Waals surface area contributed by atoms with Crippen LogP contribution in [0, 0.1) is 10.8 Å². The molecule has 1 aliphatic rings. The summed E-state index contributed by atoms with van der Waals surface area (Å²) in [5.74, 6) is 0.655. The summed E-state index contributed by atoms with van der Waals surface area (Å²) in [5.41, 5.74) is 0. The molecule has 10 heavy (non-hydrogen) atoms. The first kappa shape index (κ1) is 7.66. The third-order valence-electron chi connectivity index (χ3n) is 1.88. The van der Waals surface area contributed by atoms with Gasteiger partial charge in [-0.2, -0.15) is 4.91 Å². The van der Waals surface area contributed by atoms with Crippen LogP contribution in [0.3, 0.4) is 0 Å². The van der Waals surface area contributed by atoms with E-state index in [9.17, 15) is 4.91 Å². The van der Waals surface area contributed by atoms with E-state index < -0.39 is 0 Å². The number of nitrogens with zero attached hydrogens (tertiary/aromatic N) is 1. The number of ether oxygens (including phenoxy) is 1. The Balaban J connectivity index is 2.19. The van der Waals surface area contributed by atoms with Gasteiger partial charge in [0.25, 0.3) is 0 Å². The van der Waals surface area contributed by atoms with E-state index in [1.54, 1.807) is 0 Å². The molecular formula is C7H13NO2. The van der Waals surface area contributed by atoms with E-state index in [1.807, 2.05) is 0 Å². The molecule has 0 bridgehead atoms. The van der Waals surface area contributed by atoms with E-state index in [1.165, 1.54) is 6.42 Å². The van der Waals surface area contributed by atoms with Gasteiger partial charge in [-0.3, -0.25) is 0 Å². The van der Waals surface area contributed by atoms with Gasteiger partial charge in [0.1, 0.15) is 6.54 Å². The van der Waals surface area contributed by atoms with Gasteiger partial charge in [0.15, 0.2) is 0 Å². The minimum Gasteiger partial charge on any atom is -0.376 e. The average Bonchev–Trinajstić information content (AvgIpc) is 1.95. The highest BCUT2D eigenvalue weighted by Gasteiger charge is 2.18. The van der Waals surface area contributed by atoms with Crippen LogP contribution in [0.25, 0.3) is 0 Å². The molecule has 0 radical (unpaired) electrons. The zero-order valence-electron chi connectivity index (χ0n) is 6.25. The topological polar surface area (TPSA) is 38.7 Å². The lowest BCUT2D eigenvalue weighted by Crippen LogP contribution is -2.26. The van der Waals surface area contributed by atoms with E-state index in [0.717, 1.165) is 13.0 Å². The predicted octanol–water partition coefficient (Wildman–Crippen LogP) is 1.57. The maximum atomic E-state index is 9.82. The molecule has 1 heterocycles. The number of hydrogen-bond acceptors (Lipinski definition) is 3. The van der Waals surface area contributed by atoms with E-state index >= 15 is 0 Å². The molecule has 0 aromatic carbocycles. The standard InChI is InChI=1S/C7H13NO2/c1-6-2-3-7(4-8-9)10-5-6/h6-7H,2-5H2,1H3. The van der Waals surface area contributed by atoms with Crippen LogP contribution in [-0.4, -0.2) is 19.3 Å². The minimum absolute atomic E-state index is 0.105. The van der Waals surface area contributed by atoms with Crippen LogP contribution >= 0.6 is 0 Å². The summed E-state index contributed by atoms with van der Waals surface area (Å²) in [5, 5.41) is 2.81. The van der Waals surface area contributed by atoms with Gasteiger partial charge in [-0.15, -0.1) is 0 Å². The molecule has 2 unspecified atom stereocenters. The Morgan fingerprint density at radius 2 is 2.40 bits per heavy atom. The summed E-state index contributed by atoms with van der Waals surface area (Å²) >= 11 is 0. The van der Waals surface area contributed by atoms with Crippen molar-refractivity contribution < 1.29 is 4.74 Å². The molecule has 0 aromatic heterocycles. The Bertz CT molecular complexity index is 108. The molecule has 0 amide bonds. The molecule has 0 aliphatic carbocycles. The summed E-state index contributed by atoms with van der Waals surface area (Å²) in [6.45, 7) is 3.28. The molecule has 1 aliphatic heterocycles. The van der Waals surface area contributed by atoms with Crippen molar-refractivity contribution in [3.63, 3.8) is 0 Å². The van der Waals surface area contributed by atoms with Crippen LogP contribution in [0.5, 0.6) is 0 Å². The lowest BCUT2D eigenvalue weighted by atomic mass is 10.0. The van der Waals surface area contributed by atoms with Gasteiger partial charge < -0.3 is 4.74 Å². The molecule has 0 spiro atoms. The Morgan fingerprint density at radius 1 is 1.60 bits per heavy atom. The van der Waals surface area contributed by atoms with Gasteiger partial charge in [0.05, 0.1) is 6.10 Å². The fraction of sp³-hybridized carbons (Fsp3) is 1.00. The van der Waals surface area contributed by atoms with Gasteiger partial charge in [-0.1, -0.05) is 12.1 Å². The molecule has 58 valence electrons. The fourth-order valence-electron chi connectivity index (χ4n) is 1.16. The molecule has 0 saturated carbocycles. The van der Waals surface area contributed by atoms with Crippen LogP contribution in [0.15, 0.2) is 5.18 Å². The average molecular weight is 143 g/mol. The van der Waals surface area contributed by atoms with Gasteiger partial charge in [-0.25, -0.2) is 0 Å². The molecule has 0 aromatic rings. The third kappa shape index (κ3) is 2.06. The first-order valence-corrected chi connectivity index (χ1v) is 3.73. The van der Waals surface area contributed by atoms with Crippen molar-refractivity contribution >= 4 is 0 Å². The smallest absolute Gasteiger partial charge is 0.107 e. The number of nitroso groups, excluding NO2 is 1. The highest BCUT2D eigenvalue weighted by molar-refractivity contribution is 4.68. The van der Waals surface area contributed by atoms with Gasteiger partial charge in [0.2, 0.25) is 0 Å². The summed E-state index contributed by atoms with van der Waals surface area (Å²) in [7, 11) is 0. The summed E-state index contributed by atoms with van der Waals surface area (Å²) in [6.07, 6.45) is 2.27. The summed E-state index contributed by atoms with van der Waals surface area (Å²) in [6, 6.07) is 0. The molecule has 1 rings (SSSR count). The van der Waals surface area contributed by atoms with Crippen molar-refractivity contribution in [3.05, 3.63) is 4.91 Å². The van der Waals surface area contributed by atoms with Gasteiger partial charge >= 0.3 is 0 Å². The fourth-order valence-corrected chi connectivity index (χ4v) is 1.16. The quantitative estimate of drug-likeness (QED) is 0.550. The Morgan fingerprint density at radius 3 is 2.90 bits per heavy atom. The second-order valence-corrected chi connectivity index (χ2v) is 2.95. The lowest BCUT2D eigenvalue weighted by Gasteiger charge is -2.24. The lowest BCUT2D eigenvalue weighted by molar-refractivity contribution is -0.00509. The minimum atomic E-state index is 0.105. The van der Waals surface area contributed by atoms with Crippen molar-refractivity contribution in [1.29, 1.82) is 0 Å². The normalized spacial score (nSPS) is 33.7. The van der Waals surface area contributed by atoms with Crippen LogP contribution in [0.1, 0.15) is 19.8 Å². The number of rotatable bonds is 2. The Hall–Kier alpha value is -0.440. The molecule has 0 N–H and O–H groups in total. The van der Waals surface area contributed by atoms with Crippen molar-refractivity contribution in [2.24, 2.45) is 11.1 Å². The molecule has 1 saturated heterocycles. The zero-order chi connectivity index (χ0) is 7.40. The van der Waals surface area contributed by atoms with E-state index in [2.05, 4.69) is 12.1 Å². The van der Waals surface area contributed by atoms with Crippen LogP contribution in [0.4, 0.5) is 0 Å². The second-order valence-electron chi connectivity index (χ2n) is 2.95. The van der Waals surface area contributed by atoms with Crippen molar-refractivity contribution in [2.75, 3.05) is 13.2 Å². The summed E-state index contributed by atoms with van der Waals surface area (Å²) in [4.78, 5) is 9.82. The van der Waals surface area contributed by atoms with Crippen molar-refractivity contribution in [2.45, 2.75) is 25.9 Å². The Labute approximate surface area is 60.7 Å². The largest absolute Gasteiger partial charge is 0.376 e.